The number of carbonyl (C=O) groups is 1. The van der Waals surface area contributed by atoms with Gasteiger partial charge in [0.05, 0.1) is 17.7 Å². The highest BCUT2D eigenvalue weighted by Gasteiger charge is 2.25. The monoisotopic (exact) mass is 451 g/mol. The van der Waals surface area contributed by atoms with Crippen molar-refractivity contribution in [3.05, 3.63) is 74.6 Å². The molecule has 3 rings (SSSR count). The lowest BCUT2D eigenvalue weighted by Gasteiger charge is -2.15. The van der Waals surface area contributed by atoms with Gasteiger partial charge >= 0.3 is 11.6 Å². The van der Waals surface area contributed by atoms with Gasteiger partial charge < -0.3 is 9.15 Å². The number of hydrogen-bond acceptors (Lipinski definition) is 7. The number of rotatable bonds is 6. The van der Waals surface area contributed by atoms with E-state index in [1.807, 2.05) is 13.0 Å². The van der Waals surface area contributed by atoms with Gasteiger partial charge in [0.15, 0.2) is 0 Å². The first-order valence-corrected chi connectivity index (χ1v) is 10.5. The highest BCUT2D eigenvalue weighted by Crippen LogP contribution is 2.26. The zero-order chi connectivity index (χ0) is 22.1. The Kier molecular flexibility index (Phi) is 6.27. The molecule has 0 spiro atoms. The van der Waals surface area contributed by atoms with Crippen LogP contribution in [0.25, 0.3) is 11.0 Å². The number of hydroxylamine groups is 1. The van der Waals surface area contributed by atoms with E-state index in [9.17, 15) is 18.0 Å². The second kappa shape index (κ2) is 8.57. The molecule has 0 amide bonds. The van der Waals surface area contributed by atoms with E-state index >= 15 is 0 Å². The number of nitrogens with zero attached hydrogens (tertiary/aromatic N) is 1. The van der Waals surface area contributed by atoms with Gasteiger partial charge in [-0.25, -0.2) is 18.0 Å². The van der Waals surface area contributed by atoms with E-state index < -0.39 is 21.6 Å². The summed E-state index contributed by atoms with van der Waals surface area (Å²) in [6, 6.07) is 10.3. The van der Waals surface area contributed by atoms with Crippen LogP contribution in [0.3, 0.4) is 0 Å². The molecule has 0 bridgehead atoms. The maximum Gasteiger partial charge on any atom is 0.338 e. The largest absolute Gasteiger partial charge is 0.457 e. The summed E-state index contributed by atoms with van der Waals surface area (Å²) in [4.78, 5) is 28.7. The van der Waals surface area contributed by atoms with Gasteiger partial charge in [-0.15, -0.1) is 0 Å². The van der Waals surface area contributed by atoms with Crippen molar-refractivity contribution in [2.24, 2.45) is 0 Å². The van der Waals surface area contributed by atoms with Crippen molar-refractivity contribution in [2.75, 3.05) is 14.2 Å². The average Bonchev–Trinajstić information content (AvgIpc) is 2.70. The Bertz CT molecular complexity index is 1280. The molecular weight excluding hydrogens is 434 g/mol. The van der Waals surface area contributed by atoms with Gasteiger partial charge in [0.1, 0.15) is 17.1 Å². The van der Waals surface area contributed by atoms with Crippen molar-refractivity contribution in [1.29, 1.82) is 0 Å². The molecular formula is C20H18ClNO7S. The molecule has 0 saturated carbocycles. The van der Waals surface area contributed by atoms with E-state index in [1.54, 1.807) is 12.1 Å². The molecule has 0 radical (unpaired) electrons. The third kappa shape index (κ3) is 4.39. The zero-order valence-corrected chi connectivity index (χ0v) is 17.9. The average molecular weight is 452 g/mol. The maximum atomic E-state index is 12.5. The number of ether oxygens (including phenoxy) is 1. The highest BCUT2D eigenvalue weighted by atomic mass is 35.5. The van der Waals surface area contributed by atoms with E-state index in [0.717, 1.165) is 11.6 Å². The Hall–Kier alpha value is -2.72. The minimum atomic E-state index is -4.06. The Balaban J connectivity index is 1.89. The van der Waals surface area contributed by atoms with Crippen molar-refractivity contribution in [2.45, 2.75) is 18.4 Å². The van der Waals surface area contributed by atoms with Crippen LogP contribution >= 0.6 is 11.6 Å². The third-order valence-corrected chi connectivity index (χ3v) is 6.55. The van der Waals surface area contributed by atoms with Crippen LogP contribution in [0.15, 0.2) is 56.6 Å². The summed E-state index contributed by atoms with van der Waals surface area (Å²) in [5.74, 6) is -0.781. The lowest BCUT2D eigenvalue weighted by molar-refractivity contribution is -0.0258. The Morgan fingerprint density at radius 2 is 1.90 bits per heavy atom. The zero-order valence-electron chi connectivity index (χ0n) is 16.3. The lowest BCUT2D eigenvalue weighted by Crippen LogP contribution is -2.26. The predicted molar refractivity (Wildman–Crippen MR) is 110 cm³/mol. The van der Waals surface area contributed by atoms with Crippen molar-refractivity contribution in [3.63, 3.8) is 0 Å². The molecule has 1 heterocycles. The van der Waals surface area contributed by atoms with Gasteiger partial charge in [0.2, 0.25) is 0 Å². The Labute approximate surface area is 177 Å². The number of halogens is 1. The summed E-state index contributed by atoms with van der Waals surface area (Å²) in [5, 5.41) is 0.562. The first kappa shape index (κ1) is 22.0. The number of sulfonamides is 1. The van der Waals surface area contributed by atoms with Gasteiger partial charge in [0, 0.05) is 24.1 Å². The van der Waals surface area contributed by atoms with Crippen LogP contribution in [0.4, 0.5) is 0 Å². The number of aryl methyl sites for hydroxylation is 1. The molecule has 30 heavy (non-hydrogen) atoms. The minimum absolute atomic E-state index is 0.0226. The van der Waals surface area contributed by atoms with Crippen molar-refractivity contribution >= 4 is 38.6 Å². The normalized spacial score (nSPS) is 11.8. The molecule has 2 aromatic carbocycles. The molecule has 0 N–H and O–H groups in total. The number of benzene rings is 2. The number of esters is 1. The summed E-state index contributed by atoms with van der Waals surface area (Å²) in [5.41, 5.74) is 1.18. The van der Waals surface area contributed by atoms with Crippen LogP contribution in [0, 0.1) is 6.92 Å². The third-order valence-electron chi connectivity index (χ3n) is 4.38. The molecule has 1 aromatic heterocycles. The van der Waals surface area contributed by atoms with Gasteiger partial charge in [-0.3, -0.25) is 4.84 Å². The second-order valence-corrected chi connectivity index (χ2v) is 8.72. The summed E-state index contributed by atoms with van der Waals surface area (Å²) >= 11 is 6.00. The summed E-state index contributed by atoms with van der Waals surface area (Å²) in [7, 11) is -1.68. The molecule has 8 nitrogen and oxygen atoms in total. The van der Waals surface area contributed by atoms with Crippen molar-refractivity contribution in [3.8, 4) is 0 Å². The van der Waals surface area contributed by atoms with Gasteiger partial charge in [0.25, 0.3) is 10.0 Å². The molecule has 0 aliphatic rings. The molecule has 10 heteroatoms. The van der Waals surface area contributed by atoms with Crippen LogP contribution < -0.4 is 5.63 Å². The van der Waals surface area contributed by atoms with Gasteiger partial charge in [-0.2, -0.15) is 0 Å². The van der Waals surface area contributed by atoms with Crippen LogP contribution in [-0.2, 0) is 26.2 Å². The lowest BCUT2D eigenvalue weighted by atomic mass is 10.1. The van der Waals surface area contributed by atoms with Crippen LogP contribution in [-0.4, -0.2) is 33.0 Å². The van der Waals surface area contributed by atoms with E-state index in [-0.39, 0.29) is 22.1 Å². The summed E-state index contributed by atoms with van der Waals surface area (Å²) in [6.07, 6.45) is 0. The Morgan fingerprint density at radius 3 is 2.60 bits per heavy atom. The fraction of sp³-hybridized carbons (Fsp3) is 0.200. The minimum Gasteiger partial charge on any atom is -0.457 e. The molecule has 0 saturated heterocycles. The fourth-order valence-electron chi connectivity index (χ4n) is 2.75. The summed E-state index contributed by atoms with van der Waals surface area (Å²) < 4.78 is 36.0. The molecule has 158 valence electrons. The quantitative estimate of drug-likeness (QED) is 0.322. The molecule has 3 aromatic rings. The van der Waals surface area contributed by atoms with E-state index in [2.05, 4.69) is 0 Å². The number of fused-ring (bicyclic) bond motifs is 1. The van der Waals surface area contributed by atoms with Gasteiger partial charge in [-0.05, 0) is 36.8 Å². The van der Waals surface area contributed by atoms with Gasteiger partial charge in [-0.1, -0.05) is 28.2 Å². The van der Waals surface area contributed by atoms with E-state index in [4.69, 9.17) is 25.6 Å². The number of hydrogen-bond donors (Lipinski definition) is 0. The van der Waals surface area contributed by atoms with Crippen LogP contribution in [0.5, 0.6) is 0 Å². The predicted octanol–water partition coefficient (Wildman–Crippen LogP) is 3.29. The number of carbonyl (C=O) groups excluding carboxylic acids is 1. The summed E-state index contributed by atoms with van der Waals surface area (Å²) in [6.45, 7) is 1.66. The first-order valence-electron chi connectivity index (χ1n) is 8.66. The van der Waals surface area contributed by atoms with E-state index in [0.29, 0.717) is 21.0 Å². The Morgan fingerprint density at radius 1 is 1.17 bits per heavy atom. The van der Waals surface area contributed by atoms with Crippen molar-refractivity contribution in [1.82, 2.24) is 4.47 Å². The molecule has 0 fully saturated rings. The molecule has 0 aliphatic heterocycles. The SMILES string of the molecule is CON(C)S(=O)(=O)c1cc(C(=O)OCc2cc(=O)oc3cc(C)ccc23)ccc1Cl. The van der Waals surface area contributed by atoms with Crippen molar-refractivity contribution < 1.29 is 27.2 Å². The topological polar surface area (TPSA) is 103 Å². The standard InChI is InChI=1S/C20H18ClNO7S/c1-12-4-6-15-14(10-19(23)29-17(15)8-12)11-28-20(24)13-5-7-16(21)18(9-13)30(25,26)22(2)27-3/h4-10H,11H2,1-3H3. The maximum absolute atomic E-state index is 12.5. The highest BCUT2D eigenvalue weighted by molar-refractivity contribution is 7.89. The second-order valence-electron chi connectivity index (χ2n) is 6.41. The van der Waals surface area contributed by atoms with E-state index in [1.165, 1.54) is 32.4 Å². The molecule has 0 atom stereocenters. The molecule has 0 unspecified atom stereocenters. The molecule has 0 aliphatic carbocycles. The fourth-order valence-corrected chi connectivity index (χ4v) is 4.22. The van der Waals surface area contributed by atoms with Crippen LogP contribution in [0.1, 0.15) is 21.5 Å². The first-order chi connectivity index (χ1) is 14.1. The smallest absolute Gasteiger partial charge is 0.338 e. The van der Waals surface area contributed by atoms with Crippen LogP contribution in [0.2, 0.25) is 5.02 Å².